The lowest BCUT2D eigenvalue weighted by Gasteiger charge is -2.06. The first-order chi connectivity index (χ1) is 12.0. The van der Waals surface area contributed by atoms with Gasteiger partial charge in [0.25, 0.3) is 0 Å². The number of carbonyl (C=O) groups is 2. The zero-order chi connectivity index (χ0) is 17.8. The van der Waals surface area contributed by atoms with E-state index in [2.05, 4.69) is 10.6 Å². The third-order valence-corrected chi connectivity index (χ3v) is 5.05. The minimum absolute atomic E-state index is 0.164. The van der Waals surface area contributed by atoms with Crippen molar-refractivity contribution in [3.8, 4) is 0 Å². The van der Waals surface area contributed by atoms with Gasteiger partial charge < -0.3 is 10.6 Å². The van der Waals surface area contributed by atoms with Gasteiger partial charge in [-0.25, -0.2) is 0 Å². The van der Waals surface area contributed by atoms with Gasteiger partial charge in [-0.2, -0.15) is 0 Å². The van der Waals surface area contributed by atoms with E-state index >= 15 is 0 Å². The lowest BCUT2D eigenvalue weighted by Crippen LogP contribution is -2.09. The minimum Gasteiger partial charge on any atom is -0.326 e. The zero-order valence-electron chi connectivity index (χ0n) is 13.4. The molecule has 0 aliphatic carbocycles. The number of amides is 2. The highest BCUT2D eigenvalue weighted by Gasteiger charge is 2.08. The molecule has 1 aromatic heterocycles. The molecule has 2 N–H and O–H groups in total. The molecule has 3 rings (SSSR count). The fourth-order valence-corrected chi connectivity index (χ4v) is 3.75. The molecule has 0 saturated heterocycles. The van der Waals surface area contributed by atoms with E-state index in [-0.39, 0.29) is 11.8 Å². The summed E-state index contributed by atoms with van der Waals surface area (Å²) in [5.41, 5.74) is 1.23. The minimum atomic E-state index is -0.270. The molecule has 0 atom stereocenters. The second-order valence-electron chi connectivity index (χ2n) is 5.36. The Kier molecular flexibility index (Phi) is 5.16. The van der Waals surface area contributed by atoms with E-state index in [1.807, 2.05) is 24.3 Å². The number of anilines is 2. The number of benzene rings is 2. The van der Waals surface area contributed by atoms with Gasteiger partial charge in [0.05, 0.1) is 5.02 Å². The molecule has 0 unspecified atom stereocenters. The average molecular weight is 371 g/mol. The number of halogens is 1. The first kappa shape index (κ1) is 17.2. The van der Waals surface area contributed by atoms with Crippen LogP contribution in [0.3, 0.4) is 0 Å². The van der Waals surface area contributed by atoms with Crippen molar-refractivity contribution in [1.82, 2.24) is 0 Å². The van der Waals surface area contributed by atoms with Gasteiger partial charge in [0.1, 0.15) is 0 Å². The van der Waals surface area contributed by atoms with Crippen LogP contribution in [0.4, 0.5) is 11.4 Å². The van der Waals surface area contributed by atoms with Crippen molar-refractivity contribution in [2.75, 3.05) is 10.6 Å². The number of rotatable bonds is 4. The van der Waals surface area contributed by atoms with Crippen LogP contribution in [0.25, 0.3) is 16.2 Å². The summed E-state index contributed by atoms with van der Waals surface area (Å²) in [5, 5.41) is 7.07. The Morgan fingerprint density at radius 2 is 1.76 bits per heavy atom. The highest BCUT2D eigenvalue weighted by atomic mass is 35.5. The van der Waals surface area contributed by atoms with Crippen molar-refractivity contribution >= 4 is 62.3 Å². The number of thiophene rings is 1. The lowest BCUT2D eigenvalue weighted by atomic mass is 10.2. The molecule has 6 heteroatoms. The number of hydrogen-bond donors (Lipinski definition) is 2. The molecule has 0 fully saturated rings. The summed E-state index contributed by atoms with van der Waals surface area (Å²) in [4.78, 5) is 24.1. The maximum atomic E-state index is 12.1. The first-order valence-corrected chi connectivity index (χ1v) is 8.76. The molecule has 25 heavy (non-hydrogen) atoms. The molecular formula is C19H15ClN2O2S. The number of carbonyl (C=O) groups excluding carboxylic acids is 2. The smallest absolute Gasteiger partial charge is 0.248 e. The Bertz CT molecular complexity index is 978. The van der Waals surface area contributed by atoms with Crippen LogP contribution in [0.1, 0.15) is 11.8 Å². The Hall–Kier alpha value is -2.63. The molecule has 0 spiro atoms. The van der Waals surface area contributed by atoms with Gasteiger partial charge in [0, 0.05) is 39.3 Å². The van der Waals surface area contributed by atoms with E-state index < -0.39 is 0 Å². The Morgan fingerprint density at radius 1 is 1.04 bits per heavy atom. The van der Waals surface area contributed by atoms with Crippen molar-refractivity contribution in [3.63, 3.8) is 0 Å². The zero-order valence-corrected chi connectivity index (χ0v) is 14.9. The quantitative estimate of drug-likeness (QED) is 0.623. The number of hydrogen-bond acceptors (Lipinski definition) is 3. The highest BCUT2D eigenvalue weighted by molar-refractivity contribution is 7.20. The normalized spacial score (nSPS) is 11.0. The lowest BCUT2D eigenvalue weighted by molar-refractivity contribution is -0.114. The van der Waals surface area contributed by atoms with Gasteiger partial charge in [0.15, 0.2) is 0 Å². The van der Waals surface area contributed by atoms with E-state index in [9.17, 15) is 9.59 Å². The molecule has 0 saturated carbocycles. The molecule has 0 radical (unpaired) electrons. The fourth-order valence-electron chi connectivity index (χ4n) is 2.35. The van der Waals surface area contributed by atoms with Crippen molar-refractivity contribution in [1.29, 1.82) is 0 Å². The van der Waals surface area contributed by atoms with Gasteiger partial charge in [-0.05, 0) is 30.3 Å². The largest absolute Gasteiger partial charge is 0.326 e. The first-order valence-electron chi connectivity index (χ1n) is 7.56. The van der Waals surface area contributed by atoms with Crippen LogP contribution in [0.15, 0.2) is 54.6 Å². The molecule has 0 bridgehead atoms. The van der Waals surface area contributed by atoms with Crippen LogP contribution in [0, 0.1) is 0 Å². The number of nitrogens with one attached hydrogen (secondary N) is 2. The van der Waals surface area contributed by atoms with Crippen molar-refractivity contribution in [2.45, 2.75) is 6.92 Å². The summed E-state index contributed by atoms with van der Waals surface area (Å²) in [6.45, 7) is 1.43. The summed E-state index contributed by atoms with van der Waals surface area (Å²) in [5.74, 6) is -0.434. The van der Waals surface area contributed by atoms with Gasteiger partial charge in [-0.3, -0.25) is 9.59 Å². The van der Waals surface area contributed by atoms with Gasteiger partial charge in [-0.1, -0.05) is 35.9 Å². The number of fused-ring (bicyclic) bond motifs is 1. The SMILES string of the molecule is CC(=O)Nc1cccc(NC(=O)/C=C/c2sc3ccccc3c2Cl)c1. The molecule has 1 heterocycles. The topological polar surface area (TPSA) is 58.2 Å². The van der Waals surface area contributed by atoms with Crippen LogP contribution in [0.5, 0.6) is 0 Å². The molecule has 126 valence electrons. The van der Waals surface area contributed by atoms with E-state index in [1.54, 1.807) is 30.3 Å². The Balaban J connectivity index is 1.72. The monoisotopic (exact) mass is 370 g/mol. The molecule has 4 nitrogen and oxygen atoms in total. The average Bonchev–Trinajstić information content (AvgIpc) is 2.89. The van der Waals surface area contributed by atoms with Gasteiger partial charge >= 0.3 is 0 Å². The summed E-state index contributed by atoms with van der Waals surface area (Å²) >= 11 is 7.89. The van der Waals surface area contributed by atoms with Gasteiger partial charge in [0.2, 0.25) is 11.8 Å². The van der Waals surface area contributed by atoms with Gasteiger partial charge in [-0.15, -0.1) is 11.3 Å². The van der Waals surface area contributed by atoms with Crippen LogP contribution >= 0.6 is 22.9 Å². The third kappa shape index (κ3) is 4.26. The van der Waals surface area contributed by atoms with E-state index in [4.69, 9.17) is 11.6 Å². The van der Waals surface area contributed by atoms with E-state index in [0.717, 1.165) is 15.0 Å². The molecule has 2 amide bonds. The Morgan fingerprint density at radius 3 is 2.48 bits per heavy atom. The third-order valence-electron chi connectivity index (χ3n) is 3.40. The summed E-state index contributed by atoms with van der Waals surface area (Å²) in [6.07, 6.45) is 3.15. The second-order valence-corrected chi connectivity index (χ2v) is 6.82. The van der Waals surface area contributed by atoms with E-state index in [1.165, 1.54) is 24.3 Å². The van der Waals surface area contributed by atoms with Crippen LogP contribution < -0.4 is 10.6 Å². The molecular weight excluding hydrogens is 356 g/mol. The van der Waals surface area contributed by atoms with Crippen LogP contribution in [-0.2, 0) is 9.59 Å². The maximum Gasteiger partial charge on any atom is 0.248 e. The molecule has 3 aromatic rings. The summed E-state index contributed by atoms with van der Waals surface area (Å²) in [6, 6.07) is 14.8. The predicted molar refractivity (Wildman–Crippen MR) is 105 cm³/mol. The van der Waals surface area contributed by atoms with E-state index in [0.29, 0.717) is 16.4 Å². The Labute approximate surface area is 154 Å². The van der Waals surface area contributed by atoms with Crippen LogP contribution in [0.2, 0.25) is 5.02 Å². The fraction of sp³-hybridized carbons (Fsp3) is 0.0526. The van der Waals surface area contributed by atoms with Crippen molar-refractivity contribution in [2.24, 2.45) is 0 Å². The van der Waals surface area contributed by atoms with Crippen molar-refractivity contribution in [3.05, 3.63) is 64.5 Å². The molecule has 0 aliphatic heterocycles. The maximum absolute atomic E-state index is 12.1. The summed E-state index contributed by atoms with van der Waals surface area (Å²) in [7, 11) is 0. The molecule has 0 aliphatic rings. The second kappa shape index (κ2) is 7.51. The van der Waals surface area contributed by atoms with Crippen molar-refractivity contribution < 1.29 is 9.59 Å². The molecule has 2 aromatic carbocycles. The predicted octanol–water partition coefficient (Wildman–Crippen LogP) is 5.17. The standard InChI is InChI=1S/C19H15ClN2O2S/c1-12(23)21-13-5-4-6-14(11-13)22-18(24)10-9-17-19(20)15-7-2-3-8-16(15)25-17/h2-11H,1H3,(H,21,23)(H,22,24)/b10-9+. The highest BCUT2D eigenvalue weighted by Crippen LogP contribution is 2.35. The summed E-state index contributed by atoms with van der Waals surface area (Å²) < 4.78 is 1.08. The van der Waals surface area contributed by atoms with Crippen LogP contribution in [-0.4, -0.2) is 11.8 Å².